The van der Waals surface area contributed by atoms with Crippen LogP contribution in [0.2, 0.25) is 0 Å². The van der Waals surface area contributed by atoms with E-state index in [1.807, 2.05) is 6.20 Å². The van der Waals surface area contributed by atoms with E-state index in [-0.39, 0.29) is 24.5 Å². The number of allylic oxidation sites excluding steroid dienone is 1. The van der Waals surface area contributed by atoms with Crippen LogP contribution in [-0.2, 0) is 9.53 Å². The highest BCUT2D eigenvalue weighted by Gasteiger charge is 2.18. The van der Waals surface area contributed by atoms with Crippen molar-refractivity contribution in [2.24, 2.45) is 16.6 Å². The van der Waals surface area contributed by atoms with Gasteiger partial charge in [-0.25, -0.2) is 4.98 Å². The Bertz CT molecular complexity index is 743. The summed E-state index contributed by atoms with van der Waals surface area (Å²) in [6.07, 6.45) is 7.51. The van der Waals surface area contributed by atoms with Crippen LogP contribution < -0.4 is 11.1 Å². The zero-order valence-corrected chi connectivity index (χ0v) is 14.4. The number of carbonyl (C=O) groups is 1. The maximum Gasteiger partial charge on any atom is 0.313 e. The SMILES string of the molecule is C=C1NC(N)=Nc2c1ncn2/C=C(/C/C=C\OC(=O)C(C)C)CCO. The number of aliphatic hydroxyl groups excluding tert-OH is 1. The predicted octanol–water partition coefficient (Wildman–Crippen LogP) is 1.73. The molecule has 4 N–H and O–H groups in total. The number of aliphatic imine (C=N–C) groups is 1. The van der Waals surface area contributed by atoms with Gasteiger partial charge in [0.05, 0.1) is 17.9 Å². The number of nitrogens with two attached hydrogens (primary N) is 1. The van der Waals surface area contributed by atoms with Crippen molar-refractivity contribution in [3.8, 4) is 0 Å². The molecule has 0 atom stereocenters. The number of rotatable bonds is 7. The summed E-state index contributed by atoms with van der Waals surface area (Å²) in [6, 6.07) is 0. The summed E-state index contributed by atoms with van der Waals surface area (Å²) in [5.41, 5.74) is 7.84. The molecule has 0 radical (unpaired) electrons. The van der Waals surface area contributed by atoms with Crippen LogP contribution in [0, 0.1) is 5.92 Å². The van der Waals surface area contributed by atoms with Gasteiger partial charge in [0.15, 0.2) is 11.8 Å². The summed E-state index contributed by atoms with van der Waals surface area (Å²) in [7, 11) is 0. The molecule has 0 saturated heterocycles. The minimum atomic E-state index is -0.288. The molecular weight excluding hydrogens is 322 g/mol. The molecule has 8 nitrogen and oxygen atoms in total. The molecule has 2 rings (SSSR count). The van der Waals surface area contributed by atoms with Crippen LogP contribution in [0.3, 0.4) is 0 Å². The number of ether oxygens (including phenoxy) is 1. The van der Waals surface area contributed by atoms with Gasteiger partial charge in [0, 0.05) is 12.8 Å². The second kappa shape index (κ2) is 8.29. The monoisotopic (exact) mass is 345 g/mol. The van der Waals surface area contributed by atoms with Crippen LogP contribution in [0.1, 0.15) is 32.4 Å². The Hall–Kier alpha value is -2.87. The lowest BCUT2D eigenvalue weighted by Crippen LogP contribution is -2.32. The lowest BCUT2D eigenvalue weighted by molar-refractivity contribution is -0.141. The molecule has 134 valence electrons. The number of imidazole rings is 1. The van der Waals surface area contributed by atoms with E-state index in [9.17, 15) is 9.90 Å². The average molecular weight is 345 g/mol. The number of nitrogens with one attached hydrogen (secondary N) is 1. The fraction of sp³-hybridized carbons (Fsp3) is 0.353. The first-order chi connectivity index (χ1) is 11.9. The third-order valence-electron chi connectivity index (χ3n) is 3.45. The van der Waals surface area contributed by atoms with E-state index in [1.54, 1.807) is 30.8 Å². The summed E-state index contributed by atoms with van der Waals surface area (Å²) in [5, 5.41) is 12.1. The minimum absolute atomic E-state index is 0.00200. The van der Waals surface area contributed by atoms with E-state index in [1.165, 1.54) is 6.26 Å². The highest BCUT2D eigenvalue weighted by atomic mass is 16.5. The molecule has 0 unspecified atom stereocenters. The molecule has 1 aliphatic heterocycles. The summed E-state index contributed by atoms with van der Waals surface area (Å²) in [6.45, 7) is 7.40. The molecule has 0 amide bonds. The number of esters is 1. The molecule has 0 bridgehead atoms. The first-order valence-corrected chi connectivity index (χ1v) is 7.95. The van der Waals surface area contributed by atoms with Crippen LogP contribution in [0.15, 0.2) is 35.8 Å². The van der Waals surface area contributed by atoms with Crippen LogP contribution in [0.25, 0.3) is 11.9 Å². The Morgan fingerprint density at radius 2 is 2.32 bits per heavy atom. The average Bonchev–Trinajstić information content (AvgIpc) is 2.94. The second-order valence-corrected chi connectivity index (χ2v) is 5.85. The van der Waals surface area contributed by atoms with E-state index in [4.69, 9.17) is 10.5 Å². The van der Waals surface area contributed by atoms with Gasteiger partial charge < -0.3 is 20.9 Å². The summed E-state index contributed by atoms with van der Waals surface area (Å²) < 4.78 is 6.73. The molecule has 8 heteroatoms. The standard InChI is InChI=1S/C17H23N5O3/c1-11(2)16(24)25-8-4-5-13(6-7-23)9-22-10-19-14-12(3)20-17(18)21-15(14)22/h4,8-11,23H,3,5-7H2,1-2H3,(H3,18,20,21)/b8-4-,13-9-. The maximum atomic E-state index is 11.4. The van der Waals surface area contributed by atoms with Crippen molar-refractivity contribution in [3.63, 3.8) is 0 Å². The molecule has 1 aromatic heterocycles. The predicted molar refractivity (Wildman–Crippen MR) is 96.3 cm³/mol. The third-order valence-corrected chi connectivity index (χ3v) is 3.45. The molecular formula is C17H23N5O3. The summed E-state index contributed by atoms with van der Waals surface area (Å²) in [5.74, 6) is 0.354. The highest BCUT2D eigenvalue weighted by Crippen LogP contribution is 2.27. The van der Waals surface area contributed by atoms with Gasteiger partial charge in [-0.2, -0.15) is 4.99 Å². The number of carbonyl (C=O) groups excluding carboxylic acids is 1. The van der Waals surface area contributed by atoms with Gasteiger partial charge in [0.1, 0.15) is 12.0 Å². The number of hydrogen-bond acceptors (Lipinski definition) is 7. The fourth-order valence-electron chi connectivity index (χ4n) is 2.14. The molecule has 0 fully saturated rings. The van der Waals surface area contributed by atoms with Gasteiger partial charge in [0.2, 0.25) is 0 Å². The van der Waals surface area contributed by atoms with Crippen molar-refractivity contribution in [3.05, 3.63) is 36.5 Å². The number of hydrogen-bond donors (Lipinski definition) is 3. The Kier molecular flexibility index (Phi) is 6.13. The highest BCUT2D eigenvalue weighted by molar-refractivity contribution is 5.94. The normalized spacial score (nSPS) is 14.5. The Labute approximate surface area is 146 Å². The van der Waals surface area contributed by atoms with E-state index < -0.39 is 0 Å². The molecule has 25 heavy (non-hydrogen) atoms. The summed E-state index contributed by atoms with van der Waals surface area (Å²) >= 11 is 0. The van der Waals surface area contributed by atoms with E-state index in [2.05, 4.69) is 21.9 Å². The molecule has 0 spiro atoms. The van der Waals surface area contributed by atoms with Crippen molar-refractivity contribution in [1.29, 1.82) is 0 Å². The van der Waals surface area contributed by atoms with Crippen LogP contribution >= 0.6 is 0 Å². The zero-order valence-electron chi connectivity index (χ0n) is 14.4. The number of nitrogens with zero attached hydrogens (tertiary/aromatic N) is 3. The Balaban J connectivity index is 2.14. The summed E-state index contributed by atoms with van der Waals surface area (Å²) in [4.78, 5) is 19.9. The minimum Gasteiger partial charge on any atom is -0.435 e. The van der Waals surface area contributed by atoms with Crippen LogP contribution in [-0.4, -0.2) is 33.2 Å². The first-order valence-electron chi connectivity index (χ1n) is 7.95. The van der Waals surface area contributed by atoms with Gasteiger partial charge in [-0.3, -0.25) is 9.36 Å². The lowest BCUT2D eigenvalue weighted by atomic mass is 10.1. The maximum absolute atomic E-state index is 11.4. The van der Waals surface area contributed by atoms with E-state index >= 15 is 0 Å². The van der Waals surface area contributed by atoms with Gasteiger partial charge in [-0.05, 0) is 24.5 Å². The molecule has 0 saturated carbocycles. The fourth-order valence-corrected chi connectivity index (χ4v) is 2.14. The zero-order chi connectivity index (χ0) is 18.4. The molecule has 1 aliphatic rings. The van der Waals surface area contributed by atoms with Crippen LogP contribution in [0.4, 0.5) is 5.82 Å². The van der Waals surface area contributed by atoms with Gasteiger partial charge in [0.25, 0.3) is 0 Å². The Morgan fingerprint density at radius 3 is 3.00 bits per heavy atom. The smallest absolute Gasteiger partial charge is 0.313 e. The van der Waals surface area contributed by atoms with Gasteiger partial charge >= 0.3 is 5.97 Å². The quantitative estimate of drug-likeness (QED) is 0.512. The van der Waals surface area contributed by atoms with Crippen molar-refractivity contribution in [2.75, 3.05) is 6.61 Å². The second-order valence-electron chi connectivity index (χ2n) is 5.85. The number of aliphatic hydroxyl groups is 1. The van der Waals surface area contributed by atoms with Gasteiger partial charge in [-0.1, -0.05) is 20.4 Å². The van der Waals surface area contributed by atoms with Crippen molar-refractivity contribution >= 4 is 29.6 Å². The van der Waals surface area contributed by atoms with Crippen LogP contribution in [0.5, 0.6) is 0 Å². The molecule has 0 aliphatic carbocycles. The number of fused-ring (bicyclic) bond motifs is 1. The Morgan fingerprint density at radius 1 is 1.56 bits per heavy atom. The lowest BCUT2D eigenvalue weighted by Gasteiger charge is -2.14. The van der Waals surface area contributed by atoms with Crippen molar-refractivity contribution < 1.29 is 14.6 Å². The molecule has 2 heterocycles. The number of aromatic nitrogens is 2. The third kappa shape index (κ3) is 4.80. The number of guanidine groups is 1. The topological polar surface area (TPSA) is 115 Å². The van der Waals surface area contributed by atoms with Crippen molar-refractivity contribution in [1.82, 2.24) is 14.9 Å². The van der Waals surface area contributed by atoms with Gasteiger partial charge in [-0.15, -0.1) is 0 Å². The first kappa shape index (κ1) is 18.5. The largest absolute Gasteiger partial charge is 0.435 e. The molecule has 1 aromatic rings. The van der Waals surface area contributed by atoms with E-state index in [0.29, 0.717) is 30.1 Å². The van der Waals surface area contributed by atoms with Crippen molar-refractivity contribution in [2.45, 2.75) is 26.7 Å². The van der Waals surface area contributed by atoms with E-state index in [0.717, 1.165) is 5.57 Å². The molecule has 0 aromatic carbocycles.